The van der Waals surface area contributed by atoms with Gasteiger partial charge in [0.05, 0.1) is 6.42 Å². The molecular weight excluding hydrogens is 208 g/mol. The molecule has 0 bridgehead atoms. The van der Waals surface area contributed by atoms with Crippen LogP contribution < -0.4 is 0 Å². The molecular formula is C8H10O7. The zero-order valence-corrected chi connectivity index (χ0v) is 7.93. The number of aliphatic carboxylic acids is 2. The number of carbonyl (C=O) groups excluding carboxylic acids is 2. The Morgan fingerprint density at radius 2 is 1.73 bits per heavy atom. The standard InChI is InChI=1S/C8H10O7/c1-4(9)2-7(12)15-5(8(13)14)3-6(10)11/h5H,2-3H2,1H3,(H,10,11)(H,13,14). The topological polar surface area (TPSA) is 118 Å². The number of ketones is 1. The van der Waals surface area contributed by atoms with E-state index >= 15 is 0 Å². The van der Waals surface area contributed by atoms with Gasteiger partial charge in [-0.15, -0.1) is 0 Å². The third-order valence-electron chi connectivity index (χ3n) is 1.30. The average molecular weight is 218 g/mol. The van der Waals surface area contributed by atoms with Gasteiger partial charge in [-0.1, -0.05) is 0 Å². The van der Waals surface area contributed by atoms with Gasteiger partial charge in [0, 0.05) is 0 Å². The molecule has 0 aromatic heterocycles. The van der Waals surface area contributed by atoms with Gasteiger partial charge in [0.2, 0.25) is 6.10 Å². The molecule has 15 heavy (non-hydrogen) atoms. The van der Waals surface area contributed by atoms with Crippen molar-refractivity contribution in [1.82, 2.24) is 0 Å². The minimum Gasteiger partial charge on any atom is -0.481 e. The maximum atomic E-state index is 10.9. The number of hydrogen-bond acceptors (Lipinski definition) is 5. The van der Waals surface area contributed by atoms with Crippen LogP contribution >= 0.6 is 0 Å². The lowest BCUT2D eigenvalue weighted by Gasteiger charge is -2.10. The molecule has 1 unspecified atom stereocenters. The minimum atomic E-state index is -1.76. The van der Waals surface area contributed by atoms with Gasteiger partial charge in [0.1, 0.15) is 12.2 Å². The van der Waals surface area contributed by atoms with Crippen molar-refractivity contribution in [3.8, 4) is 0 Å². The van der Waals surface area contributed by atoms with E-state index in [-0.39, 0.29) is 0 Å². The van der Waals surface area contributed by atoms with Gasteiger partial charge in [-0.2, -0.15) is 0 Å². The second-order valence-electron chi connectivity index (χ2n) is 2.79. The molecule has 0 aromatic carbocycles. The van der Waals surface area contributed by atoms with Crippen LogP contribution in [0.2, 0.25) is 0 Å². The molecule has 0 spiro atoms. The summed E-state index contributed by atoms with van der Waals surface area (Å²) in [6, 6.07) is 0. The lowest BCUT2D eigenvalue weighted by Crippen LogP contribution is -2.30. The van der Waals surface area contributed by atoms with Crippen molar-refractivity contribution in [2.75, 3.05) is 0 Å². The first-order valence-electron chi connectivity index (χ1n) is 3.96. The van der Waals surface area contributed by atoms with Gasteiger partial charge in [-0.05, 0) is 6.92 Å². The molecule has 0 saturated carbocycles. The number of ether oxygens (including phenoxy) is 1. The monoisotopic (exact) mass is 218 g/mol. The van der Waals surface area contributed by atoms with Crippen LogP contribution in [0, 0.1) is 0 Å². The maximum absolute atomic E-state index is 10.9. The van der Waals surface area contributed by atoms with E-state index in [0.717, 1.165) is 6.92 Å². The highest BCUT2D eigenvalue weighted by Crippen LogP contribution is 2.02. The van der Waals surface area contributed by atoms with Crippen LogP contribution in [0.3, 0.4) is 0 Å². The molecule has 1 atom stereocenters. The molecule has 0 aliphatic heterocycles. The highest BCUT2D eigenvalue weighted by molar-refractivity contribution is 5.95. The number of rotatable bonds is 6. The Morgan fingerprint density at radius 1 is 1.20 bits per heavy atom. The fourth-order valence-corrected chi connectivity index (χ4v) is 0.742. The van der Waals surface area contributed by atoms with Crippen LogP contribution in [0.5, 0.6) is 0 Å². The molecule has 7 heteroatoms. The van der Waals surface area contributed by atoms with Crippen LogP contribution in [-0.4, -0.2) is 40.0 Å². The zero-order valence-electron chi connectivity index (χ0n) is 7.93. The van der Waals surface area contributed by atoms with Gasteiger partial charge >= 0.3 is 17.9 Å². The second-order valence-corrected chi connectivity index (χ2v) is 2.79. The Hall–Kier alpha value is -1.92. The average Bonchev–Trinajstić information content (AvgIpc) is 1.99. The molecule has 0 saturated heterocycles. The number of hydrogen-bond donors (Lipinski definition) is 2. The summed E-state index contributed by atoms with van der Waals surface area (Å²) < 4.78 is 4.29. The lowest BCUT2D eigenvalue weighted by atomic mass is 10.2. The summed E-state index contributed by atoms with van der Waals surface area (Å²) in [6.45, 7) is 1.13. The van der Waals surface area contributed by atoms with Gasteiger partial charge < -0.3 is 14.9 Å². The van der Waals surface area contributed by atoms with E-state index in [4.69, 9.17) is 10.2 Å². The summed E-state index contributed by atoms with van der Waals surface area (Å²) in [6.07, 6.45) is -3.16. The van der Waals surface area contributed by atoms with Crippen molar-refractivity contribution in [3.63, 3.8) is 0 Å². The Labute approximate surface area is 84.6 Å². The maximum Gasteiger partial charge on any atom is 0.345 e. The number of esters is 1. The molecule has 7 nitrogen and oxygen atoms in total. The molecule has 0 heterocycles. The molecule has 0 aliphatic carbocycles. The van der Waals surface area contributed by atoms with Crippen LogP contribution in [0.1, 0.15) is 19.8 Å². The number of carboxylic acid groups (broad SMARTS) is 2. The Kier molecular flexibility index (Phi) is 5.00. The van der Waals surface area contributed by atoms with Crippen molar-refractivity contribution < 1.29 is 34.1 Å². The molecule has 2 N–H and O–H groups in total. The number of Topliss-reactive ketones (excluding diaryl/α,β-unsaturated/α-hetero) is 1. The van der Waals surface area contributed by atoms with E-state index in [1.807, 2.05) is 0 Å². The fourth-order valence-electron chi connectivity index (χ4n) is 0.742. The van der Waals surface area contributed by atoms with Gasteiger partial charge in [0.25, 0.3) is 0 Å². The predicted octanol–water partition coefficient (Wildman–Crippen LogP) is -0.563. The third-order valence-corrected chi connectivity index (χ3v) is 1.30. The van der Waals surface area contributed by atoms with E-state index in [0.29, 0.717) is 0 Å². The summed E-state index contributed by atoms with van der Waals surface area (Å²) >= 11 is 0. The molecule has 0 aliphatic rings. The van der Waals surface area contributed by atoms with Crippen molar-refractivity contribution in [1.29, 1.82) is 0 Å². The minimum absolute atomic E-state index is 0.487. The van der Waals surface area contributed by atoms with Crippen molar-refractivity contribution >= 4 is 23.7 Å². The smallest absolute Gasteiger partial charge is 0.345 e. The normalized spacial score (nSPS) is 11.5. The highest BCUT2D eigenvalue weighted by atomic mass is 16.6. The molecule has 0 aromatic rings. The first kappa shape index (κ1) is 13.1. The second kappa shape index (κ2) is 5.74. The van der Waals surface area contributed by atoms with E-state index in [9.17, 15) is 19.2 Å². The Bertz CT molecular complexity index is 293. The fraction of sp³-hybridized carbons (Fsp3) is 0.500. The Morgan fingerprint density at radius 3 is 2.07 bits per heavy atom. The van der Waals surface area contributed by atoms with Crippen LogP contribution in [-0.2, 0) is 23.9 Å². The Balaban J connectivity index is 4.28. The predicted molar refractivity (Wildman–Crippen MR) is 45.1 cm³/mol. The van der Waals surface area contributed by atoms with Gasteiger partial charge in [-0.3, -0.25) is 14.4 Å². The first-order chi connectivity index (χ1) is 6.82. The largest absolute Gasteiger partial charge is 0.481 e. The van der Waals surface area contributed by atoms with E-state index < -0.39 is 42.6 Å². The quantitative estimate of drug-likeness (QED) is 0.453. The van der Waals surface area contributed by atoms with Crippen molar-refractivity contribution in [2.45, 2.75) is 25.9 Å². The lowest BCUT2D eigenvalue weighted by molar-refractivity contribution is -0.167. The van der Waals surface area contributed by atoms with Crippen LogP contribution in [0.25, 0.3) is 0 Å². The summed E-state index contributed by atoms with van der Waals surface area (Å²) in [4.78, 5) is 41.9. The van der Waals surface area contributed by atoms with E-state index in [2.05, 4.69) is 4.74 Å². The van der Waals surface area contributed by atoms with Gasteiger partial charge in [-0.25, -0.2) is 4.79 Å². The molecule has 0 rings (SSSR count). The molecule has 84 valence electrons. The van der Waals surface area contributed by atoms with E-state index in [1.54, 1.807) is 0 Å². The van der Waals surface area contributed by atoms with E-state index in [1.165, 1.54) is 0 Å². The van der Waals surface area contributed by atoms with Crippen LogP contribution in [0.4, 0.5) is 0 Å². The number of carbonyl (C=O) groups is 4. The number of carboxylic acids is 2. The summed E-state index contributed by atoms with van der Waals surface area (Å²) in [5, 5.41) is 16.8. The van der Waals surface area contributed by atoms with Crippen LogP contribution in [0.15, 0.2) is 0 Å². The SMILES string of the molecule is CC(=O)CC(=O)OC(CC(=O)O)C(=O)O. The molecule has 0 radical (unpaired) electrons. The summed E-state index contributed by atoms with van der Waals surface area (Å²) in [7, 11) is 0. The molecule has 0 fully saturated rings. The summed E-state index contributed by atoms with van der Waals surface area (Å²) in [5.41, 5.74) is 0. The van der Waals surface area contributed by atoms with Crippen molar-refractivity contribution in [3.05, 3.63) is 0 Å². The van der Waals surface area contributed by atoms with Gasteiger partial charge in [0.15, 0.2) is 0 Å². The van der Waals surface area contributed by atoms with Crippen molar-refractivity contribution in [2.24, 2.45) is 0 Å². The molecule has 0 amide bonds. The zero-order chi connectivity index (χ0) is 12.0. The summed E-state index contributed by atoms with van der Waals surface area (Å²) in [5.74, 6) is -4.50. The third kappa shape index (κ3) is 6.19. The highest BCUT2D eigenvalue weighted by Gasteiger charge is 2.25. The first-order valence-corrected chi connectivity index (χ1v) is 3.96.